The van der Waals surface area contributed by atoms with Gasteiger partial charge in [-0.05, 0) is 69.5 Å². The molecular formula is C37H36ClN7O4S. The normalized spacial score (nSPS) is 17.3. The first-order valence-electron chi connectivity index (χ1n) is 16.4. The highest BCUT2D eigenvalue weighted by atomic mass is 35.5. The Balaban J connectivity index is 1.03. The molecule has 1 saturated heterocycles. The smallest absolute Gasteiger partial charge is 0.339 e. The van der Waals surface area contributed by atoms with E-state index in [0.717, 1.165) is 46.1 Å². The molecule has 0 unspecified atom stereocenters. The van der Waals surface area contributed by atoms with Crippen molar-refractivity contribution in [2.45, 2.75) is 52.1 Å². The monoisotopic (exact) mass is 709 g/mol. The van der Waals surface area contributed by atoms with Crippen molar-refractivity contribution in [2.24, 2.45) is 16.1 Å². The van der Waals surface area contributed by atoms with E-state index < -0.39 is 12.0 Å². The van der Waals surface area contributed by atoms with Crippen LogP contribution in [0.1, 0.15) is 84.8 Å². The summed E-state index contributed by atoms with van der Waals surface area (Å²) in [5.41, 5.74) is 10.5. The molecule has 1 atom stereocenters. The number of likely N-dealkylation sites (tertiary alicyclic amines) is 1. The topological polar surface area (TPSA) is 145 Å². The molecule has 1 saturated carbocycles. The molecule has 4 aromatic rings. The molecule has 11 nitrogen and oxygen atoms in total. The van der Waals surface area contributed by atoms with E-state index >= 15 is 0 Å². The lowest BCUT2D eigenvalue weighted by Crippen LogP contribution is -2.67. The second kappa shape index (κ2) is 13.1. The number of esters is 1. The van der Waals surface area contributed by atoms with Gasteiger partial charge in [0.05, 0.1) is 31.4 Å². The number of fused-ring (bicyclic) bond motifs is 3. The van der Waals surface area contributed by atoms with Crippen LogP contribution in [-0.2, 0) is 9.53 Å². The Labute approximate surface area is 298 Å². The maximum Gasteiger partial charge on any atom is 0.339 e. The lowest BCUT2D eigenvalue weighted by molar-refractivity contribution is -0.152. The number of hydrogen-bond acceptors (Lipinski definition) is 9. The van der Waals surface area contributed by atoms with Crippen LogP contribution >= 0.6 is 22.9 Å². The molecule has 4 heterocycles. The highest BCUT2D eigenvalue weighted by Crippen LogP contribution is 2.49. The predicted octanol–water partition coefficient (Wildman–Crippen LogP) is 4.71. The second-order valence-electron chi connectivity index (χ2n) is 13.2. The van der Waals surface area contributed by atoms with Crippen molar-refractivity contribution in [3.05, 3.63) is 97.4 Å². The Bertz CT molecular complexity index is 2130. The van der Waals surface area contributed by atoms with Gasteiger partial charge in [0.1, 0.15) is 16.9 Å². The van der Waals surface area contributed by atoms with Crippen LogP contribution in [0.3, 0.4) is 0 Å². The Morgan fingerprint density at radius 2 is 1.84 bits per heavy atom. The molecule has 2 aromatic heterocycles. The molecule has 3 N–H and O–H groups in total. The number of carbonyl (C=O) groups excluding carboxylic acids is 3. The number of carbonyl (C=O) groups is 3. The zero-order valence-corrected chi connectivity index (χ0v) is 29.7. The summed E-state index contributed by atoms with van der Waals surface area (Å²) in [6, 6.07) is 11.8. The maximum absolute atomic E-state index is 13.8. The molecule has 2 amide bonds. The van der Waals surface area contributed by atoms with Crippen LogP contribution in [0.25, 0.3) is 5.00 Å². The first kappa shape index (κ1) is 33.7. The molecule has 1 aliphatic carbocycles. The number of ether oxygens (including phenoxy) is 1. The van der Waals surface area contributed by atoms with E-state index in [-0.39, 0.29) is 41.8 Å². The van der Waals surface area contributed by atoms with Crippen LogP contribution in [0.4, 0.5) is 0 Å². The number of aryl methyl sites for hydroxylation is 2. The maximum atomic E-state index is 13.8. The van der Waals surface area contributed by atoms with E-state index in [2.05, 4.69) is 45.8 Å². The predicted molar refractivity (Wildman–Crippen MR) is 191 cm³/mol. The number of nitrogens with zero attached hydrogens (tertiary/aromatic N) is 5. The van der Waals surface area contributed by atoms with E-state index in [1.54, 1.807) is 29.5 Å². The molecule has 1 spiro atoms. The number of thiophene rings is 1. The Hall–Kier alpha value is -4.83. The fraction of sp³-hybridized carbons (Fsp3) is 0.351. The lowest BCUT2D eigenvalue weighted by atomic mass is 9.60. The van der Waals surface area contributed by atoms with E-state index in [1.807, 2.05) is 36.1 Å². The number of rotatable bonds is 6. The minimum atomic E-state index is -0.533. The van der Waals surface area contributed by atoms with Crippen LogP contribution in [0.15, 0.2) is 47.5 Å². The number of nitrogens with one attached hydrogen (secondary N) is 1. The molecule has 3 aliphatic rings. The van der Waals surface area contributed by atoms with Crippen molar-refractivity contribution in [1.29, 1.82) is 0 Å². The largest absolute Gasteiger partial charge is 0.465 e. The van der Waals surface area contributed by atoms with E-state index in [9.17, 15) is 14.4 Å². The molecule has 2 aliphatic heterocycles. The Kier molecular flexibility index (Phi) is 8.84. The molecule has 7 rings (SSSR count). The third-order valence-electron chi connectivity index (χ3n) is 9.84. The number of methoxy groups -OCH3 is 1. The van der Waals surface area contributed by atoms with E-state index in [0.29, 0.717) is 35.1 Å². The summed E-state index contributed by atoms with van der Waals surface area (Å²) in [5, 5.41) is 13.7. The van der Waals surface area contributed by atoms with E-state index in [4.69, 9.17) is 27.1 Å². The van der Waals surface area contributed by atoms with Crippen LogP contribution in [0.2, 0.25) is 5.02 Å². The van der Waals surface area contributed by atoms with Crippen molar-refractivity contribution >= 4 is 46.4 Å². The van der Waals surface area contributed by atoms with E-state index in [1.165, 1.54) is 12.0 Å². The fourth-order valence-electron chi connectivity index (χ4n) is 7.20. The average Bonchev–Trinajstić information content (AvgIpc) is 3.55. The van der Waals surface area contributed by atoms with Gasteiger partial charge in [0, 0.05) is 56.7 Å². The zero-order valence-electron chi connectivity index (χ0n) is 28.2. The van der Waals surface area contributed by atoms with Gasteiger partial charge in [-0.3, -0.25) is 19.1 Å². The van der Waals surface area contributed by atoms with Gasteiger partial charge in [0.25, 0.3) is 5.91 Å². The van der Waals surface area contributed by atoms with Gasteiger partial charge in [-0.2, -0.15) is 0 Å². The third kappa shape index (κ3) is 5.99. The summed E-state index contributed by atoms with van der Waals surface area (Å²) >= 11 is 7.92. The van der Waals surface area contributed by atoms with Gasteiger partial charge >= 0.3 is 5.97 Å². The first-order valence-corrected chi connectivity index (χ1v) is 17.6. The van der Waals surface area contributed by atoms with Gasteiger partial charge < -0.3 is 20.7 Å². The highest BCUT2D eigenvalue weighted by Gasteiger charge is 2.54. The standard InChI is InChI=1S/C37H36ClN7O4S/c1-20-21(2)50-35-31(20)32(23-7-10-26(38)11-8-23)41-29(33-43-42-22(3)45(33)35)15-30(46)44-18-37(19-44)16-27(17-37)40-34(47)25-9-12-28(36(48)49-4)24(14-25)6-5-13-39/h7-12,14,27,29H,13,15-19,39H2,1-4H3,(H,40,47)/t29-/m0/s1. The molecule has 50 heavy (non-hydrogen) atoms. The van der Waals surface area contributed by atoms with Gasteiger partial charge in [0.2, 0.25) is 5.91 Å². The van der Waals surface area contributed by atoms with Crippen molar-refractivity contribution in [1.82, 2.24) is 25.0 Å². The molecule has 256 valence electrons. The Morgan fingerprint density at radius 1 is 1.10 bits per heavy atom. The number of aromatic nitrogens is 3. The second-order valence-corrected chi connectivity index (χ2v) is 14.8. The van der Waals surface area contributed by atoms with Gasteiger partial charge in [-0.1, -0.05) is 35.6 Å². The van der Waals surface area contributed by atoms with Crippen LogP contribution in [0.5, 0.6) is 0 Å². The summed E-state index contributed by atoms with van der Waals surface area (Å²) < 4.78 is 6.89. The molecular weight excluding hydrogens is 674 g/mol. The van der Waals surface area contributed by atoms with Crippen molar-refractivity contribution in [3.63, 3.8) is 0 Å². The molecule has 2 fully saturated rings. The fourth-order valence-corrected chi connectivity index (χ4v) is 8.54. The summed E-state index contributed by atoms with van der Waals surface area (Å²) in [5.74, 6) is 6.22. The molecule has 0 radical (unpaired) electrons. The number of hydrogen-bond donors (Lipinski definition) is 2. The van der Waals surface area contributed by atoms with Crippen molar-refractivity contribution < 1.29 is 19.1 Å². The number of halogens is 1. The number of nitrogens with two attached hydrogens (primary N) is 1. The molecule has 2 aromatic carbocycles. The van der Waals surface area contributed by atoms with Crippen LogP contribution < -0.4 is 11.1 Å². The number of benzene rings is 2. The molecule has 0 bridgehead atoms. The zero-order chi connectivity index (χ0) is 35.3. The summed E-state index contributed by atoms with van der Waals surface area (Å²) in [4.78, 5) is 47.4. The lowest BCUT2D eigenvalue weighted by Gasteiger charge is -2.59. The summed E-state index contributed by atoms with van der Waals surface area (Å²) in [6.45, 7) is 7.50. The van der Waals surface area contributed by atoms with Gasteiger partial charge in [-0.25, -0.2) is 4.79 Å². The molecule has 13 heteroatoms. The highest BCUT2D eigenvalue weighted by molar-refractivity contribution is 7.15. The SMILES string of the molecule is COC(=O)c1ccc(C(=O)NC2CC3(C2)CN(C(=O)C[C@@H]2N=C(c4ccc(Cl)cc4)c4c(sc(C)c4C)-n4c(C)nnc42)C3)cc1C#CCN. The van der Waals surface area contributed by atoms with Crippen LogP contribution in [-0.4, -0.2) is 75.9 Å². The average molecular weight is 710 g/mol. The van der Waals surface area contributed by atoms with Crippen LogP contribution in [0, 0.1) is 38.0 Å². The van der Waals surface area contributed by atoms with Crippen molar-refractivity contribution in [3.8, 4) is 16.8 Å². The number of aliphatic imine (C=N–C) groups is 1. The Morgan fingerprint density at radius 3 is 2.54 bits per heavy atom. The third-order valence-corrected chi connectivity index (χ3v) is 11.3. The summed E-state index contributed by atoms with van der Waals surface area (Å²) in [6.07, 6.45) is 1.71. The van der Waals surface area contributed by atoms with Gasteiger partial charge in [0.15, 0.2) is 5.82 Å². The minimum Gasteiger partial charge on any atom is -0.465 e. The first-order chi connectivity index (χ1) is 24.0. The summed E-state index contributed by atoms with van der Waals surface area (Å²) in [7, 11) is 1.29. The van der Waals surface area contributed by atoms with Crippen molar-refractivity contribution in [2.75, 3.05) is 26.7 Å². The quantitative estimate of drug-likeness (QED) is 0.218. The minimum absolute atomic E-state index is 0.00879. The number of amides is 2. The van der Waals surface area contributed by atoms with Gasteiger partial charge in [-0.15, -0.1) is 21.5 Å².